The zero-order valence-electron chi connectivity index (χ0n) is 13.3. The van der Waals surface area contributed by atoms with Crippen molar-refractivity contribution in [2.75, 3.05) is 46.3 Å². The van der Waals surface area contributed by atoms with E-state index in [2.05, 4.69) is 49.9 Å². The fourth-order valence-electron chi connectivity index (χ4n) is 2.42. The van der Waals surface area contributed by atoms with Crippen molar-refractivity contribution in [2.45, 2.75) is 53.0 Å². The van der Waals surface area contributed by atoms with E-state index in [4.69, 9.17) is 0 Å². The first-order chi connectivity index (χ1) is 8.71. The highest BCUT2D eigenvalue weighted by molar-refractivity contribution is 4.70. The zero-order chi connectivity index (χ0) is 13.8. The quantitative estimate of drug-likeness (QED) is 0.579. The van der Waals surface area contributed by atoms with Crippen molar-refractivity contribution < 1.29 is 0 Å². The minimum atomic E-state index is 0.656. The summed E-state index contributed by atoms with van der Waals surface area (Å²) in [5, 5.41) is 3.44. The second-order valence-electron chi connectivity index (χ2n) is 5.05. The molecule has 0 aliphatic heterocycles. The van der Waals surface area contributed by atoms with Gasteiger partial charge in [-0.15, -0.1) is 0 Å². The Kier molecular flexibility index (Phi) is 11.9. The number of rotatable bonds is 12. The molecule has 0 saturated carbocycles. The normalized spacial score (nSPS) is 13.5. The molecule has 0 aromatic heterocycles. The molecule has 0 aliphatic carbocycles. The van der Waals surface area contributed by atoms with Gasteiger partial charge in [-0.2, -0.15) is 0 Å². The van der Waals surface area contributed by atoms with Crippen LogP contribution in [0.25, 0.3) is 0 Å². The third kappa shape index (κ3) is 8.06. The molecular formula is C15H35N3. The fraction of sp³-hybridized carbons (Fsp3) is 1.00. The molecule has 0 aliphatic rings. The lowest BCUT2D eigenvalue weighted by Crippen LogP contribution is -2.40. The molecular weight excluding hydrogens is 222 g/mol. The predicted octanol–water partition coefficient (Wildman–Crippen LogP) is 2.43. The lowest BCUT2D eigenvalue weighted by molar-refractivity contribution is 0.224. The van der Waals surface area contributed by atoms with Crippen molar-refractivity contribution >= 4 is 0 Å². The molecule has 3 nitrogen and oxygen atoms in total. The molecule has 0 aromatic rings. The van der Waals surface area contributed by atoms with Gasteiger partial charge in [0.2, 0.25) is 0 Å². The average molecular weight is 257 g/mol. The van der Waals surface area contributed by atoms with E-state index in [1.54, 1.807) is 0 Å². The van der Waals surface area contributed by atoms with E-state index in [1.165, 1.54) is 58.5 Å². The summed E-state index contributed by atoms with van der Waals surface area (Å²) in [5.74, 6) is 0. The Morgan fingerprint density at radius 1 is 0.889 bits per heavy atom. The Bertz CT molecular complexity index is 169. The van der Waals surface area contributed by atoms with Crippen LogP contribution in [0.4, 0.5) is 0 Å². The molecule has 0 radical (unpaired) electrons. The summed E-state index contributed by atoms with van der Waals surface area (Å²) in [5.41, 5.74) is 0. The van der Waals surface area contributed by atoms with Crippen molar-refractivity contribution in [3.63, 3.8) is 0 Å². The average Bonchev–Trinajstić information content (AvgIpc) is 2.41. The Labute approximate surface area is 115 Å². The molecule has 110 valence electrons. The summed E-state index contributed by atoms with van der Waals surface area (Å²) in [4.78, 5) is 5.09. The van der Waals surface area contributed by atoms with Crippen molar-refractivity contribution in [3.05, 3.63) is 0 Å². The number of likely N-dealkylation sites (N-methyl/N-ethyl adjacent to an activating group) is 2. The fourth-order valence-corrected chi connectivity index (χ4v) is 2.42. The molecule has 0 saturated heterocycles. The van der Waals surface area contributed by atoms with Gasteiger partial charge in [-0.05, 0) is 52.6 Å². The van der Waals surface area contributed by atoms with Crippen molar-refractivity contribution in [1.29, 1.82) is 0 Å². The molecule has 1 unspecified atom stereocenters. The van der Waals surface area contributed by atoms with Gasteiger partial charge in [0.25, 0.3) is 0 Å². The van der Waals surface area contributed by atoms with Crippen LogP contribution in [-0.4, -0.2) is 62.2 Å². The Hall–Kier alpha value is -0.120. The molecule has 0 amide bonds. The van der Waals surface area contributed by atoms with Crippen molar-refractivity contribution in [1.82, 2.24) is 15.1 Å². The van der Waals surface area contributed by atoms with Crippen LogP contribution < -0.4 is 5.32 Å². The second kappa shape index (κ2) is 11.9. The van der Waals surface area contributed by atoms with E-state index in [1.807, 2.05) is 0 Å². The first-order valence-electron chi connectivity index (χ1n) is 7.83. The van der Waals surface area contributed by atoms with Gasteiger partial charge in [0.1, 0.15) is 0 Å². The van der Waals surface area contributed by atoms with E-state index in [-0.39, 0.29) is 0 Å². The Morgan fingerprint density at radius 2 is 1.44 bits per heavy atom. The third-order valence-corrected chi connectivity index (χ3v) is 3.81. The smallest absolute Gasteiger partial charge is 0.0191 e. The molecule has 0 heterocycles. The summed E-state index contributed by atoms with van der Waals surface area (Å²) in [7, 11) is 2.09. The van der Waals surface area contributed by atoms with Crippen LogP contribution in [0.15, 0.2) is 0 Å². The van der Waals surface area contributed by atoms with E-state index < -0.39 is 0 Å². The largest absolute Gasteiger partial charge is 0.316 e. The highest BCUT2D eigenvalue weighted by atomic mass is 15.2. The molecule has 3 heteroatoms. The first-order valence-corrected chi connectivity index (χ1v) is 7.83. The monoisotopic (exact) mass is 257 g/mol. The number of hydrogen-bond donors (Lipinski definition) is 1. The summed E-state index contributed by atoms with van der Waals surface area (Å²) in [6, 6.07) is 0.656. The molecule has 0 fully saturated rings. The second-order valence-corrected chi connectivity index (χ2v) is 5.05. The van der Waals surface area contributed by atoms with Gasteiger partial charge in [-0.25, -0.2) is 0 Å². The minimum absolute atomic E-state index is 0.656. The standard InChI is InChI=1S/C15H35N3/c1-6-11-15(16-5)14-18(9-4)13-10-12-17(7-2)8-3/h15-16H,6-14H2,1-5H3. The van der Waals surface area contributed by atoms with Crippen LogP contribution in [0, 0.1) is 0 Å². The third-order valence-electron chi connectivity index (χ3n) is 3.81. The molecule has 1 atom stereocenters. The van der Waals surface area contributed by atoms with Crippen LogP contribution in [-0.2, 0) is 0 Å². The van der Waals surface area contributed by atoms with E-state index >= 15 is 0 Å². The van der Waals surface area contributed by atoms with Gasteiger partial charge in [-0.3, -0.25) is 0 Å². The summed E-state index contributed by atoms with van der Waals surface area (Å²) < 4.78 is 0. The van der Waals surface area contributed by atoms with Crippen LogP contribution in [0.2, 0.25) is 0 Å². The van der Waals surface area contributed by atoms with Crippen LogP contribution in [0.3, 0.4) is 0 Å². The minimum Gasteiger partial charge on any atom is -0.316 e. The van der Waals surface area contributed by atoms with E-state index in [9.17, 15) is 0 Å². The van der Waals surface area contributed by atoms with Gasteiger partial charge in [-0.1, -0.05) is 34.1 Å². The summed E-state index contributed by atoms with van der Waals surface area (Å²) in [6.07, 6.45) is 3.84. The number of nitrogens with zero attached hydrogens (tertiary/aromatic N) is 2. The Morgan fingerprint density at radius 3 is 1.89 bits per heavy atom. The topological polar surface area (TPSA) is 18.5 Å². The summed E-state index contributed by atoms with van der Waals surface area (Å²) >= 11 is 0. The zero-order valence-corrected chi connectivity index (χ0v) is 13.3. The van der Waals surface area contributed by atoms with Gasteiger partial charge in [0, 0.05) is 12.6 Å². The van der Waals surface area contributed by atoms with Gasteiger partial charge < -0.3 is 15.1 Å². The van der Waals surface area contributed by atoms with Crippen molar-refractivity contribution in [3.8, 4) is 0 Å². The van der Waals surface area contributed by atoms with Gasteiger partial charge in [0.05, 0.1) is 0 Å². The SMILES string of the molecule is CCCC(CN(CC)CCCN(CC)CC)NC. The predicted molar refractivity (Wildman–Crippen MR) is 82.3 cm³/mol. The van der Waals surface area contributed by atoms with Crippen LogP contribution >= 0.6 is 0 Å². The Balaban J connectivity index is 3.87. The number of hydrogen-bond acceptors (Lipinski definition) is 3. The highest BCUT2D eigenvalue weighted by Gasteiger charge is 2.10. The van der Waals surface area contributed by atoms with Gasteiger partial charge >= 0.3 is 0 Å². The molecule has 0 bridgehead atoms. The lowest BCUT2D eigenvalue weighted by atomic mass is 10.1. The summed E-state index contributed by atoms with van der Waals surface area (Å²) in [6.45, 7) is 16.2. The number of nitrogens with one attached hydrogen (secondary N) is 1. The molecule has 0 aromatic carbocycles. The maximum absolute atomic E-state index is 3.44. The maximum atomic E-state index is 3.44. The van der Waals surface area contributed by atoms with E-state index in [0.29, 0.717) is 6.04 Å². The first kappa shape index (κ1) is 17.9. The molecule has 0 spiro atoms. The van der Waals surface area contributed by atoms with Crippen LogP contribution in [0.1, 0.15) is 47.0 Å². The highest BCUT2D eigenvalue weighted by Crippen LogP contribution is 2.02. The van der Waals surface area contributed by atoms with Crippen molar-refractivity contribution in [2.24, 2.45) is 0 Å². The maximum Gasteiger partial charge on any atom is 0.0191 e. The molecule has 1 N–H and O–H groups in total. The lowest BCUT2D eigenvalue weighted by Gasteiger charge is -2.27. The van der Waals surface area contributed by atoms with E-state index in [0.717, 1.165) is 0 Å². The molecule has 18 heavy (non-hydrogen) atoms. The molecule has 0 rings (SSSR count). The van der Waals surface area contributed by atoms with Gasteiger partial charge in [0.15, 0.2) is 0 Å². The van der Waals surface area contributed by atoms with Crippen LogP contribution in [0.5, 0.6) is 0 Å².